The number of ether oxygens (including phenoxy) is 1. The summed E-state index contributed by atoms with van der Waals surface area (Å²) in [7, 11) is -0.880. The van der Waals surface area contributed by atoms with Crippen LogP contribution in [-0.2, 0) is 28.0 Å². The molecular formula is C20H25ClFN3O3S. The molecule has 1 fully saturated rings. The van der Waals surface area contributed by atoms with E-state index in [1.54, 1.807) is 6.07 Å². The fourth-order valence-corrected chi connectivity index (χ4v) is 4.60. The zero-order valence-electron chi connectivity index (χ0n) is 16.5. The average Bonchev–Trinajstić information content (AvgIpc) is 2.71. The lowest BCUT2D eigenvalue weighted by Gasteiger charge is -2.32. The SMILES string of the molecule is CN(Cc1ccccc1N1CCOCC1)S(=O)(=O)N(C)Cc1c(F)cccc1Cl. The van der Waals surface area contributed by atoms with Gasteiger partial charge in [-0.15, -0.1) is 0 Å². The number of halogens is 2. The van der Waals surface area contributed by atoms with Gasteiger partial charge in [0.15, 0.2) is 0 Å². The monoisotopic (exact) mass is 441 g/mol. The summed E-state index contributed by atoms with van der Waals surface area (Å²) in [5.74, 6) is -0.528. The van der Waals surface area contributed by atoms with E-state index in [-0.39, 0.29) is 23.7 Å². The highest BCUT2D eigenvalue weighted by molar-refractivity contribution is 7.86. The standard InChI is InChI=1S/C20H25ClFN3O3S/c1-23(14-16-6-3-4-9-20(16)25-10-12-28-13-11-25)29(26,27)24(2)15-17-18(21)7-5-8-19(17)22/h3-9H,10-15H2,1-2H3. The summed E-state index contributed by atoms with van der Waals surface area (Å²) < 4.78 is 47.9. The summed E-state index contributed by atoms with van der Waals surface area (Å²) in [5, 5.41) is 0.201. The van der Waals surface area contributed by atoms with Gasteiger partial charge in [0.05, 0.1) is 13.2 Å². The first-order valence-electron chi connectivity index (χ1n) is 9.32. The minimum atomic E-state index is -3.82. The summed E-state index contributed by atoms with van der Waals surface area (Å²) in [4.78, 5) is 2.20. The Balaban J connectivity index is 1.77. The number of benzene rings is 2. The van der Waals surface area contributed by atoms with E-state index in [9.17, 15) is 12.8 Å². The fraction of sp³-hybridized carbons (Fsp3) is 0.400. The molecule has 0 saturated carbocycles. The van der Waals surface area contributed by atoms with Crippen LogP contribution in [0.4, 0.5) is 10.1 Å². The summed E-state index contributed by atoms with van der Waals surface area (Å²) in [6.45, 7) is 2.87. The molecule has 1 heterocycles. The van der Waals surface area contributed by atoms with Crippen molar-refractivity contribution >= 4 is 27.5 Å². The zero-order chi connectivity index (χ0) is 21.0. The summed E-state index contributed by atoms with van der Waals surface area (Å²) >= 11 is 6.05. The molecule has 0 atom stereocenters. The van der Waals surface area contributed by atoms with Gasteiger partial charge in [-0.2, -0.15) is 17.0 Å². The van der Waals surface area contributed by atoms with Crippen LogP contribution >= 0.6 is 11.6 Å². The Hall–Kier alpha value is -1.71. The quantitative estimate of drug-likeness (QED) is 0.662. The highest BCUT2D eigenvalue weighted by atomic mass is 35.5. The van der Waals surface area contributed by atoms with Crippen LogP contribution in [0.25, 0.3) is 0 Å². The fourth-order valence-electron chi connectivity index (χ4n) is 3.30. The smallest absolute Gasteiger partial charge is 0.282 e. The second-order valence-electron chi connectivity index (χ2n) is 6.95. The Bertz CT molecular complexity index is 931. The van der Waals surface area contributed by atoms with Gasteiger partial charge < -0.3 is 9.64 Å². The van der Waals surface area contributed by atoms with Crippen LogP contribution in [0.3, 0.4) is 0 Å². The third-order valence-corrected chi connectivity index (χ3v) is 7.15. The molecule has 0 aromatic heterocycles. The molecule has 0 radical (unpaired) electrons. The van der Waals surface area contributed by atoms with E-state index in [1.807, 2.05) is 24.3 Å². The lowest BCUT2D eigenvalue weighted by molar-refractivity contribution is 0.122. The molecule has 0 amide bonds. The van der Waals surface area contributed by atoms with Crippen LogP contribution in [0.2, 0.25) is 5.02 Å². The first-order valence-corrected chi connectivity index (χ1v) is 11.1. The Morgan fingerprint density at radius 2 is 1.69 bits per heavy atom. The van der Waals surface area contributed by atoms with Crippen molar-refractivity contribution in [1.29, 1.82) is 0 Å². The van der Waals surface area contributed by atoms with Crippen molar-refractivity contribution in [3.05, 3.63) is 64.4 Å². The molecule has 29 heavy (non-hydrogen) atoms. The molecule has 0 bridgehead atoms. The van der Waals surface area contributed by atoms with Gasteiger partial charge in [0, 0.05) is 56.5 Å². The van der Waals surface area contributed by atoms with Crippen LogP contribution in [0.15, 0.2) is 42.5 Å². The molecule has 0 N–H and O–H groups in total. The molecule has 0 unspecified atom stereocenters. The summed E-state index contributed by atoms with van der Waals surface area (Å²) in [6.07, 6.45) is 0. The van der Waals surface area contributed by atoms with Gasteiger partial charge in [-0.1, -0.05) is 35.9 Å². The average molecular weight is 442 g/mol. The number of nitrogens with zero attached hydrogens (tertiary/aromatic N) is 3. The lowest BCUT2D eigenvalue weighted by atomic mass is 10.1. The largest absolute Gasteiger partial charge is 0.378 e. The normalized spacial score (nSPS) is 15.3. The Kier molecular flexibility index (Phi) is 7.13. The van der Waals surface area contributed by atoms with Crippen LogP contribution < -0.4 is 4.90 Å². The summed E-state index contributed by atoms with van der Waals surface area (Å²) in [6, 6.07) is 12.0. The highest BCUT2D eigenvalue weighted by Gasteiger charge is 2.26. The molecule has 2 aromatic rings. The lowest BCUT2D eigenvalue weighted by Crippen LogP contribution is -2.40. The highest BCUT2D eigenvalue weighted by Crippen LogP contribution is 2.25. The van der Waals surface area contributed by atoms with Gasteiger partial charge in [-0.05, 0) is 23.8 Å². The van der Waals surface area contributed by atoms with Crippen LogP contribution in [0.5, 0.6) is 0 Å². The predicted octanol–water partition coefficient (Wildman–Crippen LogP) is 3.12. The molecule has 2 aromatic carbocycles. The summed E-state index contributed by atoms with van der Waals surface area (Å²) in [5.41, 5.74) is 2.05. The number of para-hydroxylation sites is 1. The number of hydrogen-bond acceptors (Lipinski definition) is 4. The van der Waals surface area contributed by atoms with Crippen molar-refractivity contribution in [1.82, 2.24) is 8.61 Å². The van der Waals surface area contributed by atoms with Gasteiger partial charge in [0.1, 0.15) is 5.82 Å². The second kappa shape index (κ2) is 9.40. The molecule has 0 aliphatic carbocycles. The van der Waals surface area contributed by atoms with Crippen molar-refractivity contribution in [3.8, 4) is 0 Å². The Morgan fingerprint density at radius 1 is 1.03 bits per heavy atom. The van der Waals surface area contributed by atoms with Crippen molar-refractivity contribution in [2.24, 2.45) is 0 Å². The van der Waals surface area contributed by atoms with Gasteiger partial charge in [0.25, 0.3) is 10.2 Å². The van der Waals surface area contributed by atoms with Gasteiger partial charge in [-0.25, -0.2) is 4.39 Å². The maximum Gasteiger partial charge on any atom is 0.282 e. The minimum absolute atomic E-state index is 0.150. The van der Waals surface area contributed by atoms with Crippen molar-refractivity contribution < 1.29 is 17.5 Å². The first-order chi connectivity index (χ1) is 13.8. The van der Waals surface area contributed by atoms with E-state index in [4.69, 9.17) is 16.3 Å². The van der Waals surface area contributed by atoms with Gasteiger partial charge >= 0.3 is 0 Å². The molecule has 158 valence electrons. The van der Waals surface area contributed by atoms with Gasteiger partial charge in [0.2, 0.25) is 0 Å². The van der Waals surface area contributed by atoms with Crippen LogP contribution in [-0.4, -0.2) is 57.4 Å². The Morgan fingerprint density at radius 3 is 2.38 bits per heavy atom. The second-order valence-corrected chi connectivity index (χ2v) is 9.50. The first kappa shape index (κ1) is 22.0. The molecule has 3 rings (SSSR count). The van der Waals surface area contributed by atoms with Crippen LogP contribution in [0.1, 0.15) is 11.1 Å². The molecule has 1 saturated heterocycles. The third kappa shape index (κ3) is 5.07. The van der Waals surface area contributed by atoms with E-state index >= 15 is 0 Å². The number of rotatable bonds is 7. The number of anilines is 1. The molecule has 1 aliphatic heterocycles. The van der Waals surface area contributed by atoms with E-state index in [0.29, 0.717) is 13.2 Å². The van der Waals surface area contributed by atoms with E-state index in [2.05, 4.69) is 4.90 Å². The van der Waals surface area contributed by atoms with Crippen molar-refractivity contribution in [3.63, 3.8) is 0 Å². The maximum absolute atomic E-state index is 14.1. The topological polar surface area (TPSA) is 53.1 Å². The molecule has 0 spiro atoms. The van der Waals surface area contributed by atoms with Crippen molar-refractivity contribution in [2.75, 3.05) is 45.3 Å². The van der Waals surface area contributed by atoms with E-state index < -0.39 is 16.0 Å². The molecule has 6 nitrogen and oxygen atoms in total. The van der Waals surface area contributed by atoms with Crippen LogP contribution in [0, 0.1) is 5.82 Å². The molecule has 1 aliphatic rings. The number of morpholine rings is 1. The number of hydrogen-bond donors (Lipinski definition) is 0. The van der Waals surface area contributed by atoms with Crippen molar-refractivity contribution in [2.45, 2.75) is 13.1 Å². The van der Waals surface area contributed by atoms with Gasteiger partial charge in [-0.3, -0.25) is 0 Å². The minimum Gasteiger partial charge on any atom is -0.378 e. The molecular weight excluding hydrogens is 417 g/mol. The maximum atomic E-state index is 14.1. The third-order valence-electron chi connectivity index (χ3n) is 4.97. The Labute approximate surface area is 176 Å². The zero-order valence-corrected chi connectivity index (χ0v) is 18.1. The van der Waals surface area contributed by atoms with E-state index in [0.717, 1.165) is 28.6 Å². The molecule has 9 heteroatoms. The predicted molar refractivity (Wildman–Crippen MR) is 113 cm³/mol. The van der Waals surface area contributed by atoms with E-state index in [1.165, 1.54) is 30.5 Å².